The zero-order chi connectivity index (χ0) is 27.5. The average molecular weight is 524 g/mol. The van der Waals surface area contributed by atoms with Crippen molar-refractivity contribution in [2.45, 2.75) is 77.0 Å². The van der Waals surface area contributed by atoms with Crippen LogP contribution in [-0.4, -0.2) is 59.8 Å². The van der Waals surface area contributed by atoms with E-state index < -0.39 is 51.7 Å². The molecule has 0 bridgehead atoms. The van der Waals surface area contributed by atoms with Crippen LogP contribution in [-0.2, 0) is 35.4 Å². The first-order chi connectivity index (χ1) is 16.4. The molecule has 1 heterocycles. The molecule has 12 heteroatoms. The molecule has 2 aromatic rings. The van der Waals surface area contributed by atoms with Gasteiger partial charge in [0, 0.05) is 6.42 Å². The summed E-state index contributed by atoms with van der Waals surface area (Å²) in [6, 6.07) is 4.70. The number of nitrogens with zero attached hydrogens (tertiary/aromatic N) is 2. The Morgan fingerprint density at radius 2 is 1.56 bits per heavy atom. The van der Waals surface area contributed by atoms with Crippen molar-refractivity contribution in [1.82, 2.24) is 14.3 Å². The molecule has 0 saturated carbocycles. The van der Waals surface area contributed by atoms with Crippen LogP contribution in [0.5, 0.6) is 0 Å². The van der Waals surface area contributed by atoms with E-state index in [1.807, 2.05) is 6.92 Å². The minimum absolute atomic E-state index is 0.0583. The summed E-state index contributed by atoms with van der Waals surface area (Å²) in [4.78, 5) is 41.6. The molecule has 0 aliphatic carbocycles. The molecule has 198 valence electrons. The Morgan fingerprint density at radius 3 is 2.06 bits per heavy atom. The highest BCUT2D eigenvalue weighted by molar-refractivity contribution is 7.90. The predicted molar refractivity (Wildman–Crippen MR) is 130 cm³/mol. The molecule has 0 aliphatic heterocycles. The van der Waals surface area contributed by atoms with Gasteiger partial charge in [0.1, 0.15) is 23.1 Å². The van der Waals surface area contributed by atoms with Crippen LogP contribution in [0.4, 0.5) is 4.79 Å². The number of methoxy groups -OCH3 is 1. The number of imidazole rings is 1. The van der Waals surface area contributed by atoms with Gasteiger partial charge < -0.3 is 19.5 Å². The van der Waals surface area contributed by atoms with Crippen LogP contribution >= 0.6 is 0 Å². The maximum Gasteiger partial charge on any atom is 0.408 e. The number of carbonyl (C=O) groups is 3. The summed E-state index contributed by atoms with van der Waals surface area (Å²) in [6.07, 6.45) is -0.322. The van der Waals surface area contributed by atoms with E-state index in [0.717, 1.165) is 22.8 Å². The zero-order valence-corrected chi connectivity index (χ0v) is 22.6. The highest BCUT2D eigenvalue weighted by atomic mass is 32.2. The minimum Gasteiger partial charge on any atom is -0.464 e. The van der Waals surface area contributed by atoms with Gasteiger partial charge >= 0.3 is 18.0 Å². The maximum absolute atomic E-state index is 13.4. The van der Waals surface area contributed by atoms with Crippen molar-refractivity contribution in [1.29, 1.82) is 0 Å². The molecule has 0 spiro atoms. The number of aryl methyl sites for hydroxylation is 1. The topological polar surface area (TPSA) is 143 Å². The molecule has 0 saturated heterocycles. The molecular formula is C24H33N3O8S. The Hall–Kier alpha value is -3.41. The lowest BCUT2D eigenvalue weighted by atomic mass is 10.1. The van der Waals surface area contributed by atoms with Crippen LogP contribution in [0.2, 0.25) is 0 Å². The van der Waals surface area contributed by atoms with E-state index in [9.17, 15) is 22.8 Å². The van der Waals surface area contributed by atoms with Gasteiger partial charge in [-0.25, -0.2) is 31.8 Å². The van der Waals surface area contributed by atoms with Crippen molar-refractivity contribution in [3.8, 4) is 0 Å². The Labute approximate surface area is 211 Å². The molecule has 1 aromatic carbocycles. The molecular weight excluding hydrogens is 490 g/mol. The van der Waals surface area contributed by atoms with Crippen LogP contribution < -0.4 is 5.32 Å². The van der Waals surface area contributed by atoms with E-state index >= 15 is 0 Å². The number of hydrogen-bond donors (Lipinski definition) is 1. The van der Waals surface area contributed by atoms with Crippen molar-refractivity contribution >= 4 is 28.1 Å². The third kappa shape index (κ3) is 7.80. The Kier molecular flexibility index (Phi) is 8.56. The SMILES string of the molecule is COC(=O)c1cn(S(=O)(=O)c2ccc(C)cc2)c(C[C@H](NC(=O)OC(C)(C)C)C(=O)OC(C)(C)C)n1. The van der Waals surface area contributed by atoms with E-state index in [2.05, 4.69) is 15.0 Å². The number of alkyl carbamates (subject to hydrolysis) is 1. The highest BCUT2D eigenvalue weighted by Crippen LogP contribution is 2.20. The largest absolute Gasteiger partial charge is 0.464 e. The van der Waals surface area contributed by atoms with Gasteiger partial charge in [0.2, 0.25) is 0 Å². The molecule has 0 unspecified atom stereocenters. The number of esters is 2. The Bertz CT molecular complexity index is 1220. The summed E-state index contributed by atoms with van der Waals surface area (Å²) in [7, 11) is -3.09. The number of nitrogens with one attached hydrogen (secondary N) is 1. The van der Waals surface area contributed by atoms with Gasteiger partial charge in [-0.2, -0.15) is 0 Å². The molecule has 0 radical (unpaired) electrons. The molecule has 1 amide bonds. The van der Waals surface area contributed by atoms with Gasteiger partial charge in [-0.15, -0.1) is 0 Å². The van der Waals surface area contributed by atoms with Gasteiger partial charge in [-0.1, -0.05) is 17.7 Å². The fraction of sp³-hybridized carbons (Fsp3) is 0.500. The number of carbonyl (C=O) groups excluding carboxylic acids is 3. The van der Waals surface area contributed by atoms with E-state index in [1.165, 1.54) is 12.1 Å². The fourth-order valence-electron chi connectivity index (χ4n) is 2.97. The number of rotatable bonds is 7. The van der Waals surface area contributed by atoms with Gasteiger partial charge in [0.25, 0.3) is 10.0 Å². The molecule has 1 atom stereocenters. The van der Waals surface area contributed by atoms with Crippen molar-refractivity contribution in [3.63, 3.8) is 0 Å². The molecule has 2 rings (SSSR count). The molecule has 11 nitrogen and oxygen atoms in total. The van der Waals surface area contributed by atoms with Crippen molar-refractivity contribution in [2.75, 3.05) is 7.11 Å². The Morgan fingerprint density at radius 1 is 1.00 bits per heavy atom. The second-order valence-electron chi connectivity index (χ2n) is 10.1. The summed E-state index contributed by atoms with van der Waals surface area (Å²) in [5.74, 6) is -1.90. The van der Waals surface area contributed by atoms with Crippen LogP contribution in [0.3, 0.4) is 0 Å². The van der Waals surface area contributed by atoms with Gasteiger partial charge in [-0.3, -0.25) is 0 Å². The normalized spacial score (nSPS) is 13.0. The first kappa shape index (κ1) is 28.8. The Balaban J connectivity index is 2.56. The number of ether oxygens (including phenoxy) is 3. The summed E-state index contributed by atoms with van der Waals surface area (Å²) >= 11 is 0. The summed E-state index contributed by atoms with van der Waals surface area (Å²) in [5.41, 5.74) is -1.19. The van der Waals surface area contributed by atoms with Crippen LogP contribution in [0.1, 0.15) is 63.4 Å². The molecule has 1 N–H and O–H groups in total. The maximum atomic E-state index is 13.4. The lowest BCUT2D eigenvalue weighted by molar-refractivity contribution is -0.157. The number of benzene rings is 1. The summed E-state index contributed by atoms with van der Waals surface area (Å²) < 4.78 is 43.0. The first-order valence-corrected chi connectivity index (χ1v) is 12.6. The average Bonchev–Trinajstić information content (AvgIpc) is 3.15. The number of amides is 1. The third-order valence-corrected chi connectivity index (χ3v) is 6.19. The lowest BCUT2D eigenvalue weighted by Crippen LogP contribution is -2.47. The van der Waals surface area contributed by atoms with E-state index in [-0.39, 0.29) is 16.4 Å². The number of hydrogen-bond acceptors (Lipinski definition) is 9. The van der Waals surface area contributed by atoms with E-state index in [1.54, 1.807) is 53.7 Å². The smallest absolute Gasteiger partial charge is 0.408 e. The van der Waals surface area contributed by atoms with Gasteiger partial charge in [-0.05, 0) is 60.6 Å². The lowest BCUT2D eigenvalue weighted by Gasteiger charge is -2.26. The second kappa shape index (κ2) is 10.7. The van der Waals surface area contributed by atoms with Gasteiger partial charge in [0.05, 0.1) is 18.2 Å². The second-order valence-corrected chi connectivity index (χ2v) is 11.9. The van der Waals surface area contributed by atoms with E-state index in [0.29, 0.717) is 0 Å². The van der Waals surface area contributed by atoms with E-state index in [4.69, 9.17) is 9.47 Å². The third-order valence-electron chi connectivity index (χ3n) is 4.48. The van der Waals surface area contributed by atoms with Crippen LogP contribution in [0.25, 0.3) is 0 Å². The van der Waals surface area contributed by atoms with Crippen LogP contribution in [0.15, 0.2) is 35.4 Å². The molecule has 1 aromatic heterocycles. The molecule has 0 fully saturated rings. The van der Waals surface area contributed by atoms with Crippen molar-refractivity contribution in [3.05, 3.63) is 47.5 Å². The summed E-state index contributed by atoms with van der Waals surface area (Å²) in [6.45, 7) is 11.7. The molecule has 36 heavy (non-hydrogen) atoms. The quantitative estimate of drug-likeness (QED) is 0.428. The van der Waals surface area contributed by atoms with Gasteiger partial charge in [0.15, 0.2) is 5.69 Å². The fourth-order valence-corrected chi connectivity index (χ4v) is 4.31. The standard InChI is InChI=1S/C24H33N3O8S/c1-15-9-11-16(12-10-15)36(31,32)27-14-18(20(28)33-8)25-19(27)13-17(21(29)34-23(2,3)4)26-22(30)35-24(5,6)7/h9-12,14,17H,13H2,1-8H3,(H,26,30)/t17-/m0/s1. The number of aromatic nitrogens is 2. The van der Waals surface area contributed by atoms with Crippen molar-refractivity contribution < 1.29 is 37.0 Å². The first-order valence-electron chi connectivity index (χ1n) is 11.1. The predicted octanol–water partition coefficient (Wildman–Crippen LogP) is 2.99. The van der Waals surface area contributed by atoms with Crippen molar-refractivity contribution in [2.24, 2.45) is 0 Å². The monoisotopic (exact) mass is 523 g/mol. The molecule has 0 aliphatic rings. The van der Waals surface area contributed by atoms with Crippen LogP contribution in [0, 0.1) is 6.92 Å². The summed E-state index contributed by atoms with van der Waals surface area (Å²) in [5, 5.41) is 2.42. The minimum atomic E-state index is -4.22. The highest BCUT2D eigenvalue weighted by Gasteiger charge is 2.33. The zero-order valence-electron chi connectivity index (χ0n) is 21.7.